The van der Waals surface area contributed by atoms with E-state index in [1.54, 1.807) is 0 Å². The van der Waals surface area contributed by atoms with Gasteiger partial charge in [-0.1, -0.05) is 109 Å². The first-order chi connectivity index (χ1) is 20.8. The highest BCUT2D eigenvalue weighted by atomic mass is 14.6. The van der Waals surface area contributed by atoms with Gasteiger partial charge in [0, 0.05) is 29.4 Å². The SMILES string of the molecule is c1cc(-c2ccc(-c3ccc4ccc5c(-c6cccc7ncccc67)ccc6ccc3c4c65)cc2)c2cnccc2c1. The molecule has 0 radical (unpaired) electrons. The Bertz CT molecular complexity index is 2450. The average Bonchev–Trinajstić information content (AvgIpc) is 3.06. The number of hydrogen-bond acceptors (Lipinski definition) is 2. The topological polar surface area (TPSA) is 25.8 Å². The molecule has 0 bridgehead atoms. The van der Waals surface area contributed by atoms with E-state index in [9.17, 15) is 0 Å². The van der Waals surface area contributed by atoms with E-state index in [0.717, 1.165) is 5.52 Å². The Balaban J connectivity index is 1.24. The molecule has 0 saturated carbocycles. The molecule has 42 heavy (non-hydrogen) atoms. The standard InChI is InChI=1S/C40H24N2/c1-4-25-21-23-41-24-37(25)30(5-1)26-9-11-27(12-10-26)31-17-13-28-16-20-36-33(18-14-29-15-19-35(31)39(28)40(29)36)32-6-2-8-38-34(32)7-3-22-42-38/h1-24H. The lowest BCUT2D eigenvalue weighted by atomic mass is 9.86. The van der Waals surface area contributed by atoms with Gasteiger partial charge in [-0.15, -0.1) is 0 Å². The molecule has 2 nitrogen and oxygen atoms in total. The van der Waals surface area contributed by atoms with Crippen molar-refractivity contribution >= 4 is 54.0 Å². The molecule has 7 aromatic carbocycles. The van der Waals surface area contributed by atoms with Gasteiger partial charge in [0.1, 0.15) is 0 Å². The lowest BCUT2D eigenvalue weighted by Gasteiger charge is -2.17. The van der Waals surface area contributed by atoms with E-state index < -0.39 is 0 Å². The summed E-state index contributed by atoms with van der Waals surface area (Å²) < 4.78 is 0. The zero-order valence-corrected chi connectivity index (χ0v) is 22.8. The van der Waals surface area contributed by atoms with Crippen LogP contribution >= 0.6 is 0 Å². The predicted molar refractivity (Wildman–Crippen MR) is 177 cm³/mol. The van der Waals surface area contributed by atoms with Gasteiger partial charge in [-0.2, -0.15) is 0 Å². The van der Waals surface area contributed by atoms with Gasteiger partial charge in [-0.25, -0.2) is 0 Å². The summed E-state index contributed by atoms with van der Waals surface area (Å²) in [5.74, 6) is 0. The quantitative estimate of drug-likeness (QED) is 0.212. The lowest BCUT2D eigenvalue weighted by Crippen LogP contribution is -1.90. The number of nitrogens with zero attached hydrogens (tertiary/aromatic N) is 2. The molecule has 0 aliphatic carbocycles. The molecule has 0 N–H and O–H groups in total. The van der Waals surface area contributed by atoms with Crippen molar-refractivity contribution in [1.82, 2.24) is 9.97 Å². The third-order valence-corrected chi connectivity index (χ3v) is 8.79. The molecule has 194 valence electrons. The zero-order valence-electron chi connectivity index (χ0n) is 22.8. The Morgan fingerprint density at radius 3 is 1.76 bits per heavy atom. The molecule has 9 aromatic rings. The summed E-state index contributed by atoms with van der Waals surface area (Å²) in [7, 11) is 0. The predicted octanol–water partition coefficient (Wildman–Crippen LogP) is 10.7. The number of fused-ring (bicyclic) bond motifs is 2. The number of hydrogen-bond donors (Lipinski definition) is 0. The molecule has 0 aliphatic heterocycles. The highest BCUT2D eigenvalue weighted by Crippen LogP contribution is 2.43. The van der Waals surface area contributed by atoms with Crippen molar-refractivity contribution in [3.63, 3.8) is 0 Å². The van der Waals surface area contributed by atoms with Gasteiger partial charge in [-0.3, -0.25) is 9.97 Å². The fourth-order valence-corrected chi connectivity index (χ4v) is 6.82. The van der Waals surface area contributed by atoms with Crippen molar-refractivity contribution < 1.29 is 0 Å². The van der Waals surface area contributed by atoms with Crippen LogP contribution in [0.1, 0.15) is 0 Å². The molecule has 2 aromatic heterocycles. The van der Waals surface area contributed by atoms with E-state index in [-0.39, 0.29) is 0 Å². The maximum atomic E-state index is 4.61. The number of aromatic nitrogens is 2. The van der Waals surface area contributed by atoms with Crippen LogP contribution in [0.4, 0.5) is 0 Å². The maximum absolute atomic E-state index is 4.61. The van der Waals surface area contributed by atoms with Crippen molar-refractivity contribution in [2.45, 2.75) is 0 Å². The highest BCUT2D eigenvalue weighted by Gasteiger charge is 2.16. The second-order valence-corrected chi connectivity index (χ2v) is 11.0. The second-order valence-electron chi connectivity index (χ2n) is 11.0. The van der Waals surface area contributed by atoms with Crippen LogP contribution in [0.2, 0.25) is 0 Å². The molecule has 9 rings (SSSR count). The minimum absolute atomic E-state index is 1.02. The minimum Gasteiger partial charge on any atom is -0.264 e. The summed E-state index contributed by atoms with van der Waals surface area (Å²) in [4.78, 5) is 8.99. The molecule has 2 heteroatoms. The Labute approximate surface area is 242 Å². The van der Waals surface area contributed by atoms with E-state index >= 15 is 0 Å². The highest BCUT2D eigenvalue weighted by molar-refractivity contribution is 6.28. The third kappa shape index (κ3) is 3.39. The second kappa shape index (κ2) is 8.95. The Kier molecular flexibility index (Phi) is 4.93. The van der Waals surface area contributed by atoms with E-state index in [0.29, 0.717) is 0 Å². The monoisotopic (exact) mass is 532 g/mol. The maximum Gasteiger partial charge on any atom is 0.0708 e. The number of pyridine rings is 2. The molecule has 0 saturated heterocycles. The first kappa shape index (κ1) is 23.1. The number of rotatable bonds is 3. The van der Waals surface area contributed by atoms with Gasteiger partial charge in [0.05, 0.1) is 5.52 Å². The van der Waals surface area contributed by atoms with Crippen LogP contribution in [0.15, 0.2) is 146 Å². The Hall–Kier alpha value is -5.60. The first-order valence-corrected chi connectivity index (χ1v) is 14.3. The van der Waals surface area contributed by atoms with Crippen LogP contribution in [0.3, 0.4) is 0 Å². The van der Waals surface area contributed by atoms with Crippen LogP contribution in [0, 0.1) is 0 Å². The van der Waals surface area contributed by atoms with Crippen molar-refractivity contribution in [3.05, 3.63) is 146 Å². The third-order valence-electron chi connectivity index (χ3n) is 8.79. The van der Waals surface area contributed by atoms with Gasteiger partial charge in [-0.05, 0) is 89.3 Å². The summed E-state index contributed by atoms with van der Waals surface area (Å²) in [6.07, 6.45) is 5.68. The number of benzene rings is 7. The Morgan fingerprint density at radius 1 is 0.357 bits per heavy atom. The first-order valence-electron chi connectivity index (χ1n) is 14.3. The minimum atomic E-state index is 1.02. The molecular weight excluding hydrogens is 508 g/mol. The van der Waals surface area contributed by atoms with Crippen molar-refractivity contribution in [2.75, 3.05) is 0 Å². The molecule has 0 aliphatic rings. The smallest absolute Gasteiger partial charge is 0.0708 e. The van der Waals surface area contributed by atoms with Crippen molar-refractivity contribution in [3.8, 4) is 33.4 Å². The molecule has 0 unspecified atom stereocenters. The average molecular weight is 533 g/mol. The van der Waals surface area contributed by atoms with Gasteiger partial charge < -0.3 is 0 Å². The summed E-state index contributed by atoms with van der Waals surface area (Å²) in [6.45, 7) is 0. The summed E-state index contributed by atoms with van der Waals surface area (Å²) in [6, 6.07) is 46.3. The summed E-state index contributed by atoms with van der Waals surface area (Å²) in [5.41, 5.74) is 8.36. The molecule has 2 heterocycles. The normalized spacial score (nSPS) is 11.8. The molecule has 0 fully saturated rings. The van der Waals surface area contributed by atoms with Crippen LogP contribution in [0.25, 0.3) is 87.4 Å². The van der Waals surface area contributed by atoms with Gasteiger partial charge in [0.25, 0.3) is 0 Å². The van der Waals surface area contributed by atoms with E-state index in [1.165, 1.54) is 81.9 Å². The van der Waals surface area contributed by atoms with Gasteiger partial charge in [0.15, 0.2) is 0 Å². The van der Waals surface area contributed by atoms with Gasteiger partial charge >= 0.3 is 0 Å². The molecule has 0 amide bonds. The van der Waals surface area contributed by atoms with E-state index in [4.69, 9.17) is 0 Å². The van der Waals surface area contributed by atoms with Crippen LogP contribution in [0.5, 0.6) is 0 Å². The van der Waals surface area contributed by atoms with Crippen LogP contribution < -0.4 is 0 Å². The van der Waals surface area contributed by atoms with Crippen LogP contribution in [-0.4, -0.2) is 9.97 Å². The Morgan fingerprint density at radius 2 is 0.976 bits per heavy atom. The van der Waals surface area contributed by atoms with Crippen molar-refractivity contribution in [1.29, 1.82) is 0 Å². The molecular formula is C40H24N2. The van der Waals surface area contributed by atoms with Gasteiger partial charge in [0.2, 0.25) is 0 Å². The van der Waals surface area contributed by atoms with Crippen molar-refractivity contribution in [2.24, 2.45) is 0 Å². The fourth-order valence-electron chi connectivity index (χ4n) is 6.82. The molecule has 0 spiro atoms. The largest absolute Gasteiger partial charge is 0.264 e. The van der Waals surface area contributed by atoms with E-state index in [2.05, 4.69) is 131 Å². The van der Waals surface area contributed by atoms with Crippen LogP contribution in [-0.2, 0) is 0 Å². The summed E-state index contributed by atoms with van der Waals surface area (Å²) in [5, 5.41) is 11.3. The molecule has 0 atom stereocenters. The fraction of sp³-hybridized carbons (Fsp3) is 0. The zero-order chi connectivity index (χ0) is 27.6. The van der Waals surface area contributed by atoms with E-state index in [1.807, 2.05) is 24.7 Å². The lowest BCUT2D eigenvalue weighted by molar-refractivity contribution is 1.36. The summed E-state index contributed by atoms with van der Waals surface area (Å²) >= 11 is 0.